The molecule has 1 amide bonds. The molecule has 1 aliphatic rings. The van der Waals surface area contributed by atoms with Gasteiger partial charge in [-0.3, -0.25) is 4.79 Å². The minimum Gasteiger partial charge on any atom is -0.461 e. The van der Waals surface area contributed by atoms with Gasteiger partial charge in [-0.1, -0.05) is 36.0 Å². The molecular weight excluding hydrogens is 360 g/mol. The Morgan fingerprint density at radius 3 is 2.96 bits per heavy atom. The predicted molar refractivity (Wildman–Crippen MR) is 104 cm³/mol. The smallest absolute Gasteiger partial charge is 0.233 e. The number of nitrogens with zero attached hydrogens (tertiary/aromatic N) is 3. The average molecular weight is 382 g/mol. The molecule has 0 bridgehead atoms. The van der Waals surface area contributed by atoms with Gasteiger partial charge in [0.05, 0.1) is 17.6 Å². The first-order valence-electron chi connectivity index (χ1n) is 9.11. The van der Waals surface area contributed by atoms with Crippen LogP contribution in [0.15, 0.2) is 52.2 Å². The molecule has 2 aromatic heterocycles. The van der Waals surface area contributed by atoms with Gasteiger partial charge in [0.25, 0.3) is 0 Å². The van der Waals surface area contributed by atoms with E-state index in [1.165, 1.54) is 22.9 Å². The number of furan rings is 1. The third-order valence-corrected chi connectivity index (χ3v) is 6.05. The highest BCUT2D eigenvalue weighted by Gasteiger charge is 2.25. The summed E-state index contributed by atoms with van der Waals surface area (Å²) in [5.74, 6) is 1.33. The van der Waals surface area contributed by atoms with Crippen LogP contribution in [0.25, 0.3) is 11.6 Å². The number of fused-ring (bicyclic) bond motifs is 1. The van der Waals surface area contributed by atoms with Crippen LogP contribution >= 0.6 is 11.8 Å². The largest absolute Gasteiger partial charge is 0.461 e. The van der Waals surface area contributed by atoms with Crippen LogP contribution in [0, 0.1) is 0 Å². The summed E-state index contributed by atoms with van der Waals surface area (Å²) < 4.78 is 7.24. The number of hydrogen-bond acceptors (Lipinski definition) is 5. The van der Waals surface area contributed by atoms with Crippen molar-refractivity contribution in [2.75, 3.05) is 0 Å². The Kier molecular flexibility index (Phi) is 5.03. The van der Waals surface area contributed by atoms with Gasteiger partial charge in [0, 0.05) is 7.05 Å². The van der Waals surface area contributed by atoms with Crippen molar-refractivity contribution in [2.45, 2.75) is 42.6 Å². The van der Waals surface area contributed by atoms with Crippen LogP contribution in [-0.4, -0.2) is 25.9 Å². The SMILES string of the molecule is C[C@@H](Sc1nnc(-c2ccco2)n1C)C(=O)N[C@H]1CCCc2ccccc21. The Bertz CT molecular complexity index is 935. The van der Waals surface area contributed by atoms with E-state index in [2.05, 4.69) is 33.7 Å². The molecule has 0 saturated carbocycles. The molecule has 3 aromatic rings. The van der Waals surface area contributed by atoms with Crippen LogP contribution in [0.4, 0.5) is 0 Å². The summed E-state index contributed by atoms with van der Waals surface area (Å²) >= 11 is 1.40. The standard InChI is InChI=1S/C20H22N4O2S/c1-13(27-20-23-22-18(24(20)2)17-11-6-12-26-17)19(25)21-16-10-5-8-14-7-3-4-9-15(14)16/h3-4,6-7,9,11-13,16H,5,8,10H2,1-2H3,(H,21,25)/t13-,16+/m1/s1. The molecule has 0 spiro atoms. The highest BCUT2D eigenvalue weighted by molar-refractivity contribution is 8.00. The van der Waals surface area contributed by atoms with E-state index in [9.17, 15) is 4.79 Å². The fraction of sp³-hybridized carbons (Fsp3) is 0.350. The molecule has 0 unspecified atom stereocenters. The van der Waals surface area contributed by atoms with Crippen LogP contribution in [0.3, 0.4) is 0 Å². The lowest BCUT2D eigenvalue weighted by molar-refractivity contribution is -0.121. The summed E-state index contributed by atoms with van der Waals surface area (Å²) in [7, 11) is 1.88. The first-order valence-corrected chi connectivity index (χ1v) is 9.99. The van der Waals surface area contributed by atoms with Gasteiger partial charge >= 0.3 is 0 Å². The summed E-state index contributed by atoms with van der Waals surface area (Å²) in [6.07, 6.45) is 4.77. The van der Waals surface area contributed by atoms with Gasteiger partial charge in [0.2, 0.25) is 5.91 Å². The van der Waals surface area contributed by atoms with Gasteiger partial charge in [-0.05, 0) is 49.4 Å². The molecule has 1 N–H and O–H groups in total. The summed E-state index contributed by atoms with van der Waals surface area (Å²) in [5, 5.41) is 12.0. The van der Waals surface area contributed by atoms with Crippen LogP contribution in [-0.2, 0) is 18.3 Å². The molecule has 0 saturated heterocycles. The Hall–Kier alpha value is -2.54. The number of rotatable bonds is 5. The van der Waals surface area contributed by atoms with E-state index in [1.54, 1.807) is 6.26 Å². The number of amides is 1. The maximum Gasteiger partial charge on any atom is 0.233 e. The lowest BCUT2D eigenvalue weighted by Gasteiger charge is -2.27. The highest BCUT2D eigenvalue weighted by Crippen LogP contribution is 2.31. The van der Waals surface area contributed by atoms with Crippen molar-refractivity contribution in [3.05, 3.63) is 53.8 Å². The summed E-state index contributed by atoms with van der Waals surface area (Å²) in [6, 6.07) is 12.1. The lowest BCUT2D eigenvalue weighted by Crippen LogP contribution is -2.36. The number of thioether (sulfide) groups is 1. The van der Waals surface area contributed by atoms with E-state index in [0.717, 1.165) is 19.3 Å². The van der Waals surface area contributed by atoms with E-state index in [1.807, 2.05) is 36.7 Å². The third kappa shape index (κ3) is 3.64. The number of nitrogens with one attached hydrogen (secondary N) is 1. The van der Waals surface area contributed by atoms with Crippen molar-refractivity contribution in [2.24, 2.45) is 7.05 Å². The summed E-state index contributed by atoms with van der Waals surface area (Å²) in [4.78, 5) is 12.8. The molecule has 1 aliphatic carbocycles. The Morgan fingerprint density at radius 1 is 1.30 bits per heavy atom. The minimum absolute atomic E-state index is 0.0178. The fourth-order valence-electron chi connectivity index (χ4n) is 3.44. The third-order valence-electron chi connectivity index (χ3n) is 4.91. The zero-order valence-corrected chi connectivity index (χ0v) is 16.2. The van der Waals surface area contributed by atoms with Crippen LogP contribution in [0.5, 0.6) is 0 Å². The second-order valence-corrected chi connectivity index (χ2v) is 8.06. The molecular formula is C20H22N4O2S. The molecule has 4 rings (SSSR count). The molecule has 2 heterocycles. The molecule has 6 nitrogen and oxygen atoms in total. The summed E-state index contributed by atoms with van der Waals surface area (Å²) in [6.45, 7) is 1.90. The Morgan fingerprint density at radius 2 is 2.15 bits per heavy atom. The zero-order chi connectivity index (χ0) is 18.8. The topological polar surface area (TPSA) is 73.0 Å². The van der Waals surface area contributed by atoms with Gasteiger partial charge in [0.15, 0.2) is 16.7 Å². The van der Waals surface area contributed by atoms with Gasteiger partial charge in [0.1, 0.15) is 0 Å². The van der Waals surface area contributed by atoms with Gasteiger partial charge in [-0.15, -0.1) is 10.2 Å². The first-order chi connectivity index (χ1) is 13.1. The molecule has 27 heavy (non-hydrogen) atoms. The molecule has 2 atom stereocenters. The van der Waals surface area contributed by atoms with E-state index in [4.69, 9.17) is 4.42 Å². The zero-order valence-electron chi connectivity index (χ0n) is 15.4. The molecule has 0 radical (unpaired) electrons. The summed E-state index contributed by atoms with van der Waals surface area (Å²) in [5.41, 5.74) is 2.58. The quantitative estimate of drug-likeness (QED) is 0.681. The first kappa shape index (κ1) is 17.9. The lowest BCUT2D eigenvalue weighted by atomic mass is 9.88. The minimum atomic E-state index is -0.272. The molecule has 140 valence electrons. The molecule has 7 heteroatoms. The number of carbonyl (C=O) groups is 1. The van der Waals surface area contributed by atoms with Crippen molar-refractivity contribution in [1.82, 2.24) is 20.1 Å². The second-order valence-electron chi connectivity index (χ2n) is 6.75. The normalized spacial score (nSPS) is 17.3. The van der Waals surface area contributed by atoms with Crippen molar-refractivity contribution in [3.8, 4) is 11.6 Å². The number of aromatic nitrogens is 3. The van der Waals surface area contributed by atoms with E-state index in [0.29, 0.717) is 16.7 Å². The Balaban J connectivity index is 1.44. The molecule has 0 fully saturated rings. The maximum atomic E-state index is 12.8. The van der Waals surface area contributed by atoms with Gasteiger partial charge in [-0.25, -0.2) is 0 Å². The predicted octanol–water partition coefficient (Wildman–Crippen LogP) is 3.75. The van der Waals surface area contributed by atoms with Crippen LogP contribution in [0.1, 0.15) is 36.9 Å². The average Bonchev–Trinajstić information content (AvgIpc) is 3.32. The number of aryl methyl sites for hydroxylation is 1. The van der Waals surface area contributed by atoms with E-state index in [-0.39, 0.29) is 17.2 Å². The molecule has 0 aliphatic heterocycles. The van der Waals surface area contributed by atoms with Crippen LogP contribution in [0.2, 0.25) is 0 Å². The van der Waals surface area contributed by atoms with Gasteiger partial charge in [-0.2, -0.15) is 0 Å². The second kappa shape index (κ2) is 7.60. The van der Waals surface area contributed by atoms with Crippen molar-refractivity contribution < 1.29 is 9.21 Å². The van der Waals surface area contributed by atoms with E-state index < -0.39 is 0 Å². The Labute approximate surface area is 162 Å². The number of carbonyl (C=O) groups excluding carboxylic acids is 1. The van der Waals surface area contributed by atoms with Crippen molar-refractivity contribution >= 4 is 17.7 Å². The van der Waals surface area contributed by atoms with Gasteiger partial charge < -0.3 is 14.3 Å². The van der Waals surface area contributed by atoms with Crippen molar-refractivity contribution in [3.63, 3.8) is 0 Å². The van der Waals surface area contributed by atoms with Crippen molar-refractivity contribution in [1.29, 1.82) is 0 Å². The number of hydrogen-bond donors (Lipinski definition) is 1. The highest BCUT2D eigenvalue weighted by atomic mass is 32.2. The molecule has 1 aromatic carbocycles. The number of benzene rings is 1. The van der Waals surface area contributed by atoms with Crippen LogP contribution < -0.4 is 5.32 Å². The monoisotopic (exact) mass is 382 g/mol. The maximum absolute atomic E-state index is 12.8. The van der Waals surface area contributed by atoms with E-state index >= 15 is 0 Å². The fourth-order valence-corrected chi connectivity index (χ4v) is 4.27.